The van der Waals surface area contributed by atoms with Gasteiger partial charge in [-0.3, -0.25) is 9.78 Å². The molecule has 0 bridgehead atoms. The molecule has 0 unspecified atom stereocenters. The van der Waals surface area contributed by atoms with E-state index in [4.69, 9.17) is 5.11 Å². The van der Waals surface area contributed by atoms with Gasteiger partial charge < -0.3 is 10.0 Å². The van der Waals surface area contributed by atoms with E-state index >= 15 is 0 Å². The highest BCUT2D eigenvalue weighted by atomic mass is 16.4. The average molecular weight is 275 g/mol. The van der Waals surface area contributed by atoms with Gasteiger partial charge in [0, 0.05) is 32.1 Å². The molecule has 1 N–H and O–H groups in total. The third kappa shape index (κ3) is 2.63. The van der Waals surface area contributed by atoms with Crippen LogP contribution in [0.3, 0.4) is 0 Å². The van der Waals surface area contributed by atoms with Gasteiger partial charge in [0.2, 0.25) is 5.91 Å². The topological polar surface area (TPSA) is 101 Å². The maximum absolute atomic E-state index is 11.8. The van der Waals surface area contributed by atoms with Gasteiger partial charge in [-0.15, -0.1) is 5.10 Å². The van der Waals surface area contributed by atoms with Crippen molar-refractivity contribution in [3.8, 4) is 11.3 Å². The number of carboxylic acids is 1. The zero-order valence-corrected chi connectivity index (χ0v) is 11.0. The smallest absolute Gasteiger partial charge is 0.358 e. The maximum Gasteiger partial charge on any atom is 0.358 e. The number of nitrogens with zero attached hydrogens (tertiary/aromatic N) is 5. The molecule has 0 aromatic carbocycles. The van der Waals surface area contributed by atoms with Gasteiger partial charge in [0.15, 0.2) is 5.69 Å². The largest absolute Gasteiger partial charge is 0.476 e. The highest BCUT2D eigenvalue weighted by molar-refractivity contribution is 5.92. The molecular weight excluding hydrogens is 262 g/mol. The van der Waals surface area contributed by atoms with Gasteiger partial charge in [-0.2, -0.15) is 0 Å². The van der Waals surface area contributed by atoms with Crippen molar-refractivity contribution < 1.29 is 14.7 Å². The number of hydrogen-bond acceptors (Lipinski definition) is 5. The van der Waals surface area contributed by atoms with Gasteiger partial charge >= 0.3 is 5.97 Å². The molecule has 20 heavy (non-hydrogen) atoms. The van der Waals surface area contributed by atoms with E-state index in [1.165, 1.54) is 22.0 Å². The monoisotopic (exact) mass is 275 g/mol. The first-order chi connectivity index (χ1) is 9.50. The van der Waals surface area contributed by atoms with Crippen molar-refractivity contribution in [2.45, 2.75) is 6.54 Å². The minimum atomic E-state index is -1.19. The van der Waals surface area contributed by atoms with Gasteiger partial charge in [-0.1, -0.05) is 5.21 Å². The molecule has 104 valence electrons. The summed E-state index contributed by atoms with van der Waals surface area (Å²) in [6.07, 6.45) is 3.07. The van der Waals surface area contributed by atoms with Crippen LogP contribution in [0.15, 0.2) is 24.5 Å². The van der Waals surface area contributed by atoms with Gasteiger partial charge in [-0.05, 0) is 12.1 Å². The Morgan fingerprint density at radius 1 is 1.30 bits per heavy atom. The number of carbonyl (C=O) groups excluding carboxylic acids is 1. The summed E-state index contributed by atoms with van der Waals surface area (Å²) in [5.41, 5.74) is 0.687. The summed E-state index contributed by atoms with van der Waals surface area (Å²) in [6.45, 7) is -0.0784. The summed E-state index contributed by atoms with van der Waals surface area (Å²) in [6, 6.07) is 3.28. The molecule has 2 heterocycles. The van der Waals surface area contributed by atoms with Crippen molar-refractivity contribution >= 4 is 11.9 Å². The first-order valence-electron chi connectivity index (χ1n) is 5.78. The lowest BCUT2D eigenvalue weighted by Crippen LogP contribution is -2.27. The van der Waals surface area contributed by atoms with Crippen molar-refractivity contribution in [1.82, 2.24) is 24.9 Å². The van der Waals surface area contributed by atoms with Crippen LogP contribution >= 0.6 is 0 Å². The Morgan fingerprint density at radius 3 is 2.50 bits per heavy atom. The van der Waals surface area contributed by atoms with Crippen LogP contribution in [0.5, 0.6) is 0 Å². The number of aromatic carboxylic acids is 1. The molecular formula is C12H13N5O3. The molecule has 0 fully saturated rings. The van der Waals surface area contributed by atoms with Gasteiger partial charge in [0.1, 0.15) is 12.2 Å². The molecule has 0 atom stereocenters. The fraction of sp³-hybridized carbons (Fsp3) is 0.250. The van der Waals surface area contributed by atoms with Crippen molar-refractivity contribution in [2.75, 3.05) is 14.1 Å². The summed E-state index contributed by atoms with van der Waals surface area (Å²) in [5.74, 6) is -1.40. The van der Waals surface area contributed by atoms with Crippen LogP contribution in [-0.2, 0) is 11.3 Å². The molecule has 0 aliphatic rings. The highest BCUT2D eigenvalue weighted by Crippen LogP contribution is 2.21. The number of pyridine rings is 1. The summed E-state index contributed by atoms with van der Waals surface area (Å²) >= 11 is 0. The van der Waals surface area contributed by atoms with E-state index in [1.54, 1.807) is 26.2 Å². The quantitative estimate of drug-likeness (QED) is 0.850. The van der Waals surface area contributed by atoms with Crippen LogP contribution in [0.1, 0.15) is 10.5 Å². The molecule has 8 heteroatoms. The lowest BCUT2D eigenvalue weighted by Gasteiger charge is -2.11. The summed E-state index contributed by atoms with van der Waals surface area (Å²) in [5, 5.41) is 16.5. The summed E-state index contributed by atoms with van der Waals surface area (Å²) < 4.78 is 1.28. The van der Waals surface area contributed by atoms with E-state index in [2.05, 4.69) is 15.3 Å². The third-order valence-corrected chi connectivity index (χ3v) is 2.68. The fourth-order valence-corrected chi connectivity index (χ4v) is 1.63. The maximum atomic E-state index is 11.8. The Bertz CT molecular complexity index is 636. The van der Waals surface area contributed by atoms with Crippen LogP contribution < -0.4 is 0 Å². The predicted octanol–water partition coefficient (Wildman–Crippen LogP) is 0.126. The fourth-order valence-electron chi connectivity index (χ4n) is 1.63. The second-order valence-corrected chi connectivity index (χ2v) is 4.27. The van der Waals surface area contributed by atoms with Gasteiger partial charge in [0.05, 0.1) is 0 Å². The molecule has 8 nitrogen and oxygen atoms in total. The van der Waals surface area contributed by atoms with Crippen LogP contribution in [0.4, 0.5) is 0 Å². The lowest BCUT2D eigenvalue weighted by atomic mass is 10.1. The van der Waals surface area contributed by atoms with Gasteiger partial charge in [0.25, 0.3) is 0 Å². The first kappa shape index (κ1) is 13.7. The number of carbonyl (C=O) groups is 2. The number of likely N-dealkylation sites (N-methyl/N-ethyl adjacent to an activating group) is 1. The standard InChI is InChI=1S/C12H13N5O3/c1-16(2)9(18)7-17-11(8-3-5-13-6-4-8)10(12(19)20)14-15-17/h3-6H,7H2,1-2H3,(H,19,20). The van der Waals surface area contributed by atoms with Crippen molar-refractivity contribution in [2.24, 2.45) is 0 Å². The summed E-state index contributed by atoms with van der Waals surface area (Å²) in [7, 11) is 3.23. The predicted molar refractivity (Wildman–Crippen MR) is 68.9 cm³/mol. The van der Waals surface area contributed by atoms with Crippen molar-refractivity contribution in [3.63, 3.8) is 0 Å². The van der Waals surface area contributed by atoms with Crippen molar-refractivity contribution in [3.05, 3.63) is 30.2 Å². The SMILES string of the molecule is CN(C)C(=O)Cn1nnc(C(=O)O)c1-c1ccncc1. The van der Waals surface area contributed by atoms with E-state index in [9.17, 15) is 9.59 Å². The molecule has 0 saturated carbocycles. The molecule has 0 aliphatic carbocycles. The number of hydrogen-bond donors (Lipinski definition) is 1. The number of rotatable bonds is 4. The Morgan fingerprint density at radius 2 is 1.95 bits per heavy atom. The Kier molecular flexibility index (Phi) is 3.74. The Labute approximate surface area is 114 Å². The Balaban J connectivity index is 2.49. The van der Waals surface area contributed by atoms with Gasteiger partial charge in [-0.25, -0.2) is 9.48 Å². The van der Waals surface area contributed by atoms with Crippen LogP contribution in [0.2, 0.25) is 0 Å². The minimum Gasteiger partial charge on any atom is -0.476 e. The molecule has 2 aromatic rings. The molecule has 0 saturated heterocycles. The zero-order chi connectivity index (χ0) is 14.7. The average Bonchev–Trinajstić information content (AvgIpc) is 2.83. The second kappa shape index (κ2) is 5.47. The van der Waals surface area contributed by atoms with E-state index in [-0.39, 0.29) is 23.8 Å². The molecule has 0 aliphatic heterocycles. The van der Waals surface area contributed by atoms with E-state index in [0.717, 1.165) is 0 Å². The van der Waals surface area contributed by atoms with Crippen LogP contribution in [0.25, 0.3) is 11.3 Å². The second-order valence-electron chi connectivity index (χ2n) is 4.27. The van der Waals surface area contributed by atoms with Crippen LogP contribution in [-0.4, -0.2) is 56.0 Å². The normalized spacial score (nSPS) is 10.3. The lowest BCUT2D eigenvalue weighted by molar-refractivity contribution is -0.129. The van der Waals surface area contributed by atoms with E-state index in [0.29, 0.717) is 5.56 Å². The molecule has 0 spiro atoms. The van der Waals surface area contributed by atoms with E-state index < -0.39 is 5.97 Å². The number of carboxylic acid groups (broad SMARTS) is 1. The first-order valence-corrected chi connectivity index (χ1v) is 5.78. The number of aromatic nitrogens is 4. The molecule has 2 rings (SSSR count). The number of amides is 1. The summed E-state index contributed by atoms with van der Waals surface area (Å²) in [4.78, 5) is 28.2. The highest BCUT2D eigenvalue weighted by Gasteiger charge is 2.22. The molecule has 0 radical (unpaired) electrons. The zero-order valence-electron chi connectivity index (χ0n) is 11.0. The minimum absolute atomic E-state index is 0.0784. The molecule has 2 aromatic heterocycles. The van der Waals surface area contributed by atoms with Crippen molar-refractivity contribution in [1.29, 1.82) is 0 Å². The Hall–Kier alpha value is -2.77. The third-order valence-electron chi connectivity index (χ3n) is 2.68. The molecule has 1 amide bonds. The van der Waals surface area contributed by atoms with Crippen LogP contribution in [0, 0.1) is 0 Å². The van der Waals surface area contributed by atoms with E-state index in [1.807, 2.05) is 0 Å².